The van der Waals surface area contributed by atoms with E-state index in [4.69, 9.17) is 0 Å². The summed E-state index contributed by atoms with van der Waals surface area (Å²) in [5, 5.41) is 21.4. The third-order valence-electron chi connectivity index (χ3n) is 7.92. The molecule has 14 heteroatoms. The third-order valence-corrected chi connectivity index (χ3v) is 11.2. The summed E-state index contributed by atoms with van der Waals surface area (Å²) in [6, 6.07) is 12.6. The van der Waals surface area contributed by atoms with Crippen LogP contribution in [0.1, 0.15) is 38.7 Å². The number of sulfonamides is 1. The number of carboxylic acids is 1. The highest BCUT2D eigenvalue weighted by molar-refractivity contribution is 8.00. The number of thioether (sulfide) groups is 1. The van der Waals surface area contributed by atoms with Crippen LogP contribution in [0.5, 0.6) is 0 Å². The molecule has 12 nitrogen and oxygen atoms in total. The number of amides is 3. The van der Waals surface area contributed by atoms with Crippen LogP contribution in [0.25, 0.3) is 0 Å². The molecule has 0 radical (unpaired) electrons. The van der Waals surface area contributed by atoms with Crippen molar-refractivity contribution in [3.63, 3.8) is 0 Å². The lowest BCUT2D eigenvalue weighted by Crippen LogP contribution is -2.61. The summed E-state index contributed by atoms with van der Waals surface area (Å²) in [6.45, 7) is 3.66. The van der Waals surface area contributed by atoms with Crippen molar-refractivity contribution < 1.29 is 37.8 Å². The summed E-state index contributed by atoms with van der Waals surface area (Å²) >= 11 is 1.17. The van der Waals surface area contributed by atoms with Gasteiger partial charge in [0.2, 0.25) is 27.7 Å². The Morgan fingerprint density at radius 3 is 2.20 bits per heavy atom. The van der Waals surface area contributed by atoms with E-state index < -0.39 is 57.8 Å². The fraction of sp³-hybridized carbons (Fsp3) is 0.484. The number of carboxylic acid groups (broad SMARTS) is 1. The second-order valence-electron chi connectivity index (χ2n) is 11.4. The number of carbonyl (C=O) groups excluding carboxylic acids is 3. The average Bonchev–Trinajstić information content (AvgIpc) is 3.56. The Kier molecular flexibility index (Phi) is 12.6. The first kappa shape index (κ1) is 36.0. The second kappa shape index (κ2) is 15.7. The number of hydrogen-bond acceptors (Lipinski definition) is 8. The molecule has 0 aliphatic carbocycles. The number of aliphatic hydroxyl groups is 1. The number of aliphatic carboxylic acids is 1. The number of aliphatic hydroxyl groups excluding tert-OH is 1. The molecule has 3 amide bonds. The molecule has 246 valence electrons. The van der Waals surface area contributed by atoms with Crippen LogP contribution in [0.3, 0.4) is 0 Å². The van der Waals surface area contributed by atoms with Crippen molar-refractivity contribution in [2.45, 2.75) is 66.9 Å². The van der Waals surface area contributed by atoms with Crippen molar-refractivity contribution in [1.82, 2.24) is 19.4 Å². The topological polar surface area (TPSA) is 165 Å². The molecule has 1 heterocycles. The van der Waals surface area contributed by atoms with E-state index in [0.29, 0.717) is 23.5 Å². The Bertz CT molecular complexity index is 1460. The largest absolute Gasteiger partial charge is 0.481 e. The van der Waals surface area contributed by atoms with Crippen molar-refractivity contribution in [2.75, 3.05) is 39.5 Å². The van der Waals surface area contributed by atoms with E-state index >= 15 is 0 Å². The van der Waals surface area contributed by atoms with Gasteiger partial charge in [-0.25, -0.2) is 8.42 Å². The summed E-state index contributed by atoms with van der Waals surface area (Å²) in [4.78, 5) is 55.8. The van der Waals surface area contributed by atoms with Crippen molar-refractivity contribution in [3.05, 3.63) is 60.2 Å². The van der Waals surface area contributed by atoms with Crippen LogP contribution in [-0.2, 0) is 35.6 Å². The van der Waals surface area contributed by atoms with Crippen LogP contribution in [0.4, 0.5) is 0 Å². The maximum Gasteiger partial charge on any atom is 0.305 e. The Balaban J connectivity index is 1.93. The predicted octanol–water partition coefficient (Wildman–Crippen LogP) is 1.82. The van der Waals surface area contributed by atoms with Gasteiger partial charge in [0.05, 0.1) is 17.9 Å². The maximum absolute atomic E-state index is 14.1. The molecule has 1 saturated heterocycles. The first-order valence-electron chi connectivity index (χ1n) is 14.7. The second-order valence-corrected chi connectivity index (χ2v) is 14.4. The highest BCUT2D eigenvalue weighted by Gasteiger charge is 2.45. The van der Waals surface area contributed by atoms with Crippen LogP contribution in [0.15, 0.2) is 64.4 Å². The predicted molar refractivity (Wildman–Crippen MR) is 170 cm³/mol. The monoisotopic (exact) mass is 662 g/mol. The van der Waals surface area contributed by atoms with Gasteiger partial charge >= 0.3 is 5.97 Å². The minimum Gasteiger partial charge on any atom is -0.481 e. The molecule has 1 aliphatic heterocycles. The third kappa shape index (κ3) is 8.84. The Morgan fingerprint density at radius 2 is 1.60 bits per heavy atom. The fourth-order valence-electron chi connectivity index (χ4n) is 5.14. The minimum atomic E-state index is -4.23. The van der Waals surface area contributed by atoms with Gasteiger partial charge in [-0.1, -0.05) is 42.5 Å². The van der Waals surface area contributed by atoms with Crippen molar-refractivity contribution >= 4 is 45.5 Å². The number of likely N-dealkylation sites (N-methyl/N-ethyl adjacent to an activating group) is 2. The van der Waals surface area contributed by atoms with E-state index in [1.54, 1.807) is 48.5 Å². The number of rotatable bonds is 15. The Hall–Kier alpha value is -3.46. The maximum atomic E-state index is 14.1. The number of carbonyl (C=O) groups is 4. The zero-order chi connectivity index (χ0) is 33.4. The van der Waals surface area contributed by atoms with Gasteiger partial charge in [-0.15, -0.1) is 11.8 Å². The molecule has 1 fully saturated rings. The van der Waals surface area contributed by atoms with E-state index in [-0.39, 0.29) is 23.7 Å². The molecule has 2 aromatic carbocycles. The summed E-state index contributed by atoms with van der Waals surface area (Å²) in [5.41, 5.74) is -0.977. The van der Waals surface area contributed by atoms with Crippen molar-refractivity contribution in [1.29, 1.82) is 0 Å². The van der Waals surface area contributed by atoms with E-state index in [1.807, 2.05) is 0 Å². The Labute approximate surface area is 268 Å². The van der Waals surface area contributed by atoms with Gasteiger partial charge in [0, 0.05) is 44.3 Å². The van der Waals surface area contributed by atoms with Crippen LogP contribution in [-0.4, -0.2) is 114 Å². The van der Waals surface area contributed by atoms with Gasteiger partial charge in [0.25, 0.3) is 0 Å². The molecule has 0 saturated carbocycles. The average molecular weight is 663 g/mol. The molecular formula is C31H42N4O8S2. The van der Waals surface area contributed by atoms with E-state index in [1.165, 1.54) is 50.7 Å². The number of likely N-dealkylation sites (tertiary alicyclic amines) is 1. The van der Waals surface area contributed by atoms with Gasteiger partial charge in [-0.05, 0) is 44.4 Å². The van der Waals surface area contributed by atoms with Gasteiger partial charge in [-0.3, -0.25) is 19.2 Å². The first-order chi connectivity index (χ1) is 21.2. The summed E-state index contributed by atoms with van der Waals surface area (Å²) in [7, 11) is -1.55. The molecular weight excluding hydrogens is 620 g/mol. The highest BCUT2D eigenvalue weighted by atomic mass is 32.2. The van der Waals surface area contributed by atoms with Crippen LogP contribution in [0, 0.1) is 0 Å². The van der Waals surface area contributed by atoms with Gasteiger partial charge < -0.3 is 25.3 Å². The molecule has 0 unspecified atom stereocenters. The summed E-state index contributed by atoms with van der Waals surface area (Å²) in [5.74, 6) is -2.91. The lowest BCUT2D eigenvalue weighted by molar-refractivity contribution is -0.147. The number of benzene rings is 2. The van der Waals surface area contributed by atoms with E-state index in [9.17, 15) is 37.8 Å². The standard InChI is InChI=1S/C31H42N4O8S2/c1-31(2,34(4)45(42,43)26-15-9-8-14-25(26)44-19-18-36)30(41)33(3)24(20-22-12-6-5-7-13-22)28(39)32-23(21-27(37)38)29(40)35-16-10-11-17-35/h5-9,12-15,23-24,36H,10-11,16-21H2,1-4H3,(H,32,39)(H,37,38)/t23-,24-/m0/s1. The van der Waals surface area contributed by atoms with Crippen molar-refractivity contribution in [2.24, 2.45) is 0 Å². The molecule has 0 aromatic heterocycles. The lowest BCUT2D eigenvalue weighted by atomic mass is 9.99. The van der Waals surface area contributed by atoms with Gasteiger partial charge in [0.1, 0.15) is 17.6 Å². The fourth-order valence-corrected chi connectivity index (χ4v) is 7.87. The zero-order valence-corrected chi connectivity index (χ0v) is 27.6. The summed E-state index contributed by atoms with van der Waals surface area (Å²) in [6.07, 6.45) is 0.962. The summed E-state index contributed by atoms with van der Waals surface area (Å²) < 4.78 is 28.6. The molecule has 0 spiro atoms. The molecule has 2 aromatic rings. The number of nitrogens with one attached hydrogen (secondary N) is 1. The molecule has 3 rings (SSSR count). The van der Waals surface area contributed by atoms with E-state index in [2.05, 4.69) is 5.32 Å². The first-order valence-corrected chi connectivity index (χ1v) is 17.1. The molecule has 2 atom stereocenters. The Morgan fingerprint density at radius 1 is 1.00 bits per heavy atom. The highest BCUT2D eigenvalue weighted by Crippen LogP contribution is 2.32. The van der Waals surface area contributed by atoms with Crippen LogP contribution >= 0.6 is 11.8 Å². The van der Waals surface area contributed by atoms with Gasteiger partial charge in [0.15, 0.2) is 0 Å². The molecule has 1 aliphatic rings. The van der Waals surface area contributed by atoms with Crippen LogP contribution < -0.4 is 5.32 Å². The normalized spacial score (nSPS) is 15.0. The van der Waals surface area contributed by atoms with Crippen molar-refractivity contribution in [3.8, 4) is 0 Å². The minimum absolute atomic E-state index is 0.0232. The molecule has 0 bridgehead atoms. The smallest absolute Gasteiger partial charge is 0.305 e. The number of hydrogen-bond donors (Lipinski definition) is 3. The zero-order valence-electron chi connectivity index (χ0n) is 26.0. The number of nitrogens with zero attached hydrogens (tertiary/aromatic N) is 3. The van der Waals surface area contributed by atoms with E-state index in [0.717, 1.165) is 22.0 Å². The lowest BCUT2D eigenvalue weighted by Gasteiger charge is -2.39. The van der Waals surface area contributed by atoms with Crippen LogP contribution in [0.2, 0.25) is 0 Å². The van der Waals surface area contributed by atoms with Gasteiger partial charge in [-0.2, -0.15) is 4.31 Å². The quantitative estimate of drug-likeness (QED) is 0.241. The molecule has 45 heavy (non-hydrogen) atoms. The molecule has 3 N–H and O–H groups in total. The SMILES string of the molecule is CN(C(=O)C(C)(C)N(C)S(=O)(=O)c1ccccc1SCCO)[C@@H](Cc1ccccc1)C(=O)N[C@@H](CC(=O)O)C(=O)N1CCCC1.